The van der Waals surface area contributed by atoms with E-state index >= 15 is 0 Å². The summed E-state index contributed by atoms with van der Waals surface area (Å²) in [7, 11) is -3.61. The van der Waals surface area contributed by atoms with Crippen molar-refractivity contribution >= 4 is 22.0 Å². The summed E-state index contributed by atoms with van der Waals surface area (Å²) in [5.74, 6) is -0.516. The number of carbonyl (C=O) groups excluding carboxylic acids is 2. The molecule has 1 saturated heterocycles. The molecule has 1 aromatic rings. The minimum atomic E-state index is -3.61. The zero-order chi connectivity index (χ0) is 21.7. The Balaban J connectivity index is 1.78. The van der Waals surface area contributed by atoms with Crippen LogP contribution in [0.3, 0.4) is 0 Å². The summed E-state index contributed by atoms with van der Waals surface area (Å²) in [6.07, 6.45) is 0.985. The van der Waals surface area contributed by atoms with E-state index in [1.165, 1.54) is 0 Å². The van der Waals surface area contributed by atoms with Crippen molar-refractivity contribution < 1.29 is 22.7 Å². The van der Waals surface area contributed by atoms with Crippen LogP contribution in [0.25, 0.3) is 0 Å². The molecule has 2 N–H and O–H groups in total. The Hall–Kier alpha value is -2.13. The van der Waals surface area contributed by atoms with Gasteiger partial charge in [0.05, 0.1) is 10.8 Å². The van der Waals surface area contributed by atoms with E-state index in [1.807, 2.05) is 6.92 Å². The lowest BCUT2D eigenvalue weighted by Crippen LogP contribution is -2.47. The van der Waals surface area contributed by atoms with Crippen molar-refractivity contribution in [3.8, 4) is 0 Å². The van der Waals surface area contributed by atoms with Crippen LogP contribution in [-0.2, 0) is 19.6 Å². The smallest absolute Gasteiger partial charge is 0.410 e. The Morgan fingerprint density at radius 2 is 1.83 bits per heavy atom. The van der Waals surface area contributed by atoms with Crippen LogP contribution in [0.4, 0.5) is 4.79 Å². The summed E-state index contributed by atoms with van der Waals surface area (Å²) in [5.41, 5.74) is 0.394. The number of benzene rings is 1. The van der Waals surface area contributed by atoms with Crippen molar-refractivity contribution in [3.63, 3.8) is 0 Å². The molecule has 1 aliphatic heterocycles. The number of piperidine rings is 1. The van der Waals surface area contributed by atoms with E-state index in [9.17, 15) is 18.0 Å². The van der Waals surface area contributed by atoms with Crippen molar-refractivity contribution in [2.75, 3.05) is 26.2 Å². The van der Waals surface area contributed by atoms with Crippen molar-refractivity contribution in [2.45, 2.75) is 51.0 Å². The van der Waals surface area contributed by atoms with E-state index in [1.54, 1.807) is 49.9 Å². The molecule has 8 nitrogen and oxygen atoms in total. The van der Waals surface area contributed by atoms with Crippen molar-refractivity contribution in [2.24, 2.45) is 5.92 Å². The fourth-order valence-corrected chi connectivity index (χ4v) is 4.03. The van der Waals surface area contributed by atoms with Crippen LogP contribution in [0.1, 0.15) is 39.2 Å². The number of rotatable bonds is 6. The molecule has 1 aliphatic rings. The lowest BCUT2D eigenvalue weighted by Gasteiger charge is -2.33. The standard InChI is InChI=1S/C20H31N3O5S/c1-15-7-9-17(10-8-15)29(26,27)22-12-11-21-18(24)16-6-5-13-23(14-16)19(25)28-20(2,3)4/h7-10,16,22H,5-6,11-14H2,1-4H3,(H,21,24). The van der Waals surface area contributed by atoms with Gasteiger partial charge in [-0.1, -0.05) is 17.7 Å². The third-order valence-corrected chi connectivity index (χ3v) is 5.97. The van der Waals surface area contributed by atoms with Crippen LogP contribution in [0.5, 0.6) is 0 Å². The fraction of sp³-hybridized carbons (Fsp3) is 0.600. The minimum absolute atomic E-state index is 0.0877. The first-order chi connectivity index (χ1) is 13.5. The zero-order valence-corrected chi connectivity index (χ0v) is 18.3. The molecule has 0 aromatic heterocycles. The summed E-state index contributed by atoms with van der Waals surface area (Å²) >= 11 is 0. The van der Waals surface area contributed by atoms with Gasteiger partial charge in [0.25, 0.3) is 0 Å². The van der Waals surface area contributed by atoms with E-state index in [2.05, 4.69) is 10.0 Å². The molecule has 29 heavy (non-hydrogen) atoms. The molecule has 0 radical (unpaired) electrons. The Kier molecular flexibility index (Phi) is 7.65. The largest absolute Gasteiger partial charge is 0.444 e. The maximum Gasteiger partial charge on any atom is 0.410 e. The van der Waals surface area contributed by atoms with E-state index < -0.39 is 21.7 Å². The molecule has 1 aromatic carbocycles. The second-order valence-electron chi connectivity index (χ2n) is 8.27. The monoisotopic (exact) mass is 425 g/mol. The van der Waals surface area contributed by atoms with Gasteiger partial charge in [0.2, 0.25) is 15.9 Å². The first kappa shape index (κ1) is 23.2. The molecule has 1 unspecified atom stereocenters. The van der Waals surface area contributed by atoms with Crippen LogP contribution in [0.15, 0.2) is 29.2 Å². The number of nitrogens with zero attached hydrogens (tertiary/aromatic N) is 1. The van der Waals surface area contributed by atoms with Gasteiger partial charge in [-0.3, -0.25) is 4.79 Å². The highest BCUT2D eigenvalue weighted by Gasteiger charge is 2.30. The van der Waals surface area contributed by atoms with E-state index in [4.69, 9.17) is 4.74 Å². The van der Waals surface area contributed by atoms with Crippen LogP contribution in [0, 0.1) is 12.8 Å². The SMILES string of the molecule is Cc1ccc(S(=O)(=O)NCCNC(=O)C2CCCN(C(=O)OC(C)(C)C)C2)cc1. The van der Waals surface area contributed by atoms with Crippen molar-refractivity contribution in [1.82, 2.24) is 14.9 Å². The summed E-state index contributed by atoms with van der Waals surface area (Å²) in [5, 5.41) is 2.75. The highest BCUT2D eigenvalue weighted by Crippen LogP contribution is 2.19. The number of hydrogen-bond donors (Lipinski definition) is 2. The molecular weight excluding hydrogens is 394 g/mol. The Morgan fingerprint density at radius 3 is 2.45 bits per heavy atom. The number of carbonyl (C=O) groups is 2. The third-order valence-electron chi connectivity index (χ3n) is 4.49. The van der Waals surface area contributed by atoms with Gasteiger partial charge in [-0.2, -0.15) is 0 Å². The maximum absolute atomic E-state index is 12.4. The molecule has 0 bridgehead atoms. The predicted molar refractivity (Wildman–Crippen MR) is 110 cm³/mol. The van der Waals surface area contributed by atoms with Crippen LogP contribution < -0.4 is 10.0 Å². The van der Waals surface area contributed by atoms with Crippen LogP contribution >= 0.6 is 0 Å². The number of aryl methyl sites for hydroxylation is 1. The number of hydrogen-bond acceptors (Lipinski definition) is 5. The quantitative estimate of drug-likeness (QED) is 0.679. The van der Waals surface area contributed by atoms with Gasteiger partial charge in [-0.25, -0.2) is 17.9 Å². The molecule has 2 rings (SSSR count). The molecule has 0 spiro atoms. The van der Waals surface area contributed by atoms with Gasteiger partial charge in [-0.05, 0) is 52.7 Å². The number of likely N-dealkylation sites (tertiary alicyclic amines) is 1. The molecule has 1 atom stereocenters. The molecule has 0 saturated carbocycles. The number of nitrogens with one attached hydrogen (secondary N) is 2. The van der Waals surface area contributed by atoms with Crippen molar-refractivity contribution in [1.29, 1.82) is 0 Å². The molecule has 1 fully saturated rings. The second-order valence-corrected chi connectivity index (χ2v) is 10.0. The minimum Gasteiger partial charge on any atom is -0.444 e. The third kappa shape index (κ3) is 7.32. The summed E-state index contributed by atoms with van der Waals surface area (Å²) in [4.78, 5) is 26.4. The fourth-order valence-electron chi connectivity index (χ4n) is 3.00. The van der Waals surface area contributed by atoms with Crippen molar-refractivity contribution in [3.05, 3.63) is 29.8 Å². The second kappa shape index (κ2) is 9.58. The van der Waals surface area contributed by atoms with Gasteiger partial charge < -0.3 is 15.0 Å². The average molecular weight is 426 g/mol. The lowest BCUT2D eigenvalue weighted by atomic mass is 9.97. The molecule has 0 aliphatic carbocycles. The summed E-state index contributed by atoms with van der Waals surface area (Å²) in [6, 6.07) is 6.55. The number of sulfonamides is 1. The molecule has 2 amide bonds. The highest BCUT2D eigenvalue weighted by molar-refractivity contribution is 7.89. The van der Waals surface area contributed by atoms with Gasteiger partial charge in [0, 0.05) is 26.2 Å². The Morgan fingerprint density at radius 1 is 1.17 bits per heavy atom. The van der Waals surface area contributed by atoms with E-state index in [0.717, 1.165) is 12.0 Å². The van der Waals surface area contributed by atoms with Gasteiger partial charge in [0.15, 0.2) is 0 Å². The van der Waals surface area contributed by atoms with Gasteiger partial charge >= 0.3 is 6.09 Å². The first-order valence-corrected chi connectivity index (χ1v) is 11.3. The predicted octanol–water partition coefficient (Wildman–Crippen LogP) is 2.04. The van der Waals surface area contributed by atoms with E-state index in [-0.39, 0.29) is 29.8 Å². The van der Waals surface area contributed by atoms with Gasteiger partial charge in [0.1, 0.15) is 5.60 Å². The lowest BCUT2D eigenvalue weighted by molar-refractivity contribution is -0.126. The van der Waals surface area contributed by atoms with Crippen LogP contribution in [0.2, 0.25) is 0 Å². The molecule has 1 heterocycles. The zero-order valence-electron chi connectivity index (χ0n) is 17.5. The molecule has 9 heteroatoms. The highest BCUT2D eigenvalue weighted by atomic mass is 32.2. The Labute approximate surface area is 173 Å². The van der Waals surface area contributed by atoms with E-state index in [0.29, 0.717) is 19.5 Å². The number of ether oxygens (including phenoxy) is 1. The summed E-state index contributed by atoms with van der Waals surface area (Å²) < 4.78 is 32.3. The van der Waals surface area contributed by atoms with Crippen LogP contribution in [-0.4, -0.2) is 57.1 Å². The topological polar surface area (TPSA) is 105 Å². The normalized spacial score (nSPS) is 17.7. The molecule has 162 valence electrons. The first-order valence-electron chi connectivity index (χ1n) is 9.80. The molecular formula is C20H31N3O5S. The number of amides is 2. The maximum atomic E-state index is 12.4. The Bertz CT molecular complexity index is 816. The van der Waals surface area contributed by atoms with Gasteiger partial charge in [-0.15, -0.1) is 0 Å². The summed E-state index contributed by atoms with van der Waals surface area (Å²) in [6.45, 7) is 8.42. The average Bonchev–Trinajstić information content (AvgIpc) is 2.64.